The Labute approximate surface area is 51.0 Å². The Bertz CT molecular complexity index is 15.5. The Balaban J connectivity index is 0. The van der Waals surface area contributed by atoms with Gasteiger partial charge in [-0.3, -0.25) is 0 Å². The zero-order valence-electron chi connectivity index (χ0n) is 1.36. The van der Waals surface area contributed by atoms with Crippen molar-refractivity contribution in [3.63, 3.8) is 0 Å². The van der Waals surface area contributed by atoms with E-state index in [1.165, 1.54) is 0 Å². The molecule has 0 bridgehead atoms. The van der Waals surface area contributed by atoms with Gasteiger partial charge in [0, 0.05) is 0 Å². The molecule has 0 rings (SSSR count). The van der Waals surface area contributed by atoms with Crippen molar-refractivity contribution in [2.45, 2.75) is 0 Å². The molecule has 0 radical (unpaired) electrons. The summed E-state index contributed by atoms with van der Waals surface area (Å²) >= 11 is -1.03. The summed E-state index contributed by atoms with van der Waals surface area (Å²) in [6.07, 6.45) is 0. The van der Waals surface area contributed by atoms with E-state index < -0.39 is 14.2 Å². The van der Waals surface area contributed by atoms with E-state index in [4.69, 9.17) is 3.80 Å². The van der Waals surface area contributed by atoms with E-state index in [1.807, 2.05) is 0 Å². The molecule has 0 atom stereocenters. The average Bonchev–Trinajstić information content (AvgIpc) is 0.918. The van der Waals surface area contributed by atoms with Crippen LogP contribution in [0.4, 0.5) is 0 Å². The van der Waals surface area contributed by atoms with Gasteiger partial charge in [-0.1, -0.05) is 0 Å². The van der Waals surface area contributed by atoms with Gasteiger partial charge in [0.2, 0.25) is 0 Å². The van der Waals surface area contributed by atoms with Gasteiger partial charge in [-0.15, -0.1) is 0 Å². The van der Waals surface area contributed by atoms with Crippen LogP contribution in [0.15, 0.2) is 0 Å². The summed E-state index contributed by atoms with van der Waals surface area (Å²) in [6, 6.07) is 0. The van der Waals surface area contributed by atoms with Crippen LogP contribution < -0.4 is 0 Å². The van der Waals surface area contributed by atoms with Gasteiger partial charge < -0.3 is 0 Å². The molecule has 20 valence electrons. The van der Waals surface area contributed by atoms with Gasteiger partial charge in [-0.05, 0) is 0 Å². The van der Waals surface area contributed by atoms with Crippen molar-refractivity contribution in [3.05, 3.63) is 0 Å². The third-order valence-electron chi connectivity index (χ3n) is 0. The summed E-state index contributed by atoms with van der Waals surface area (Å²) in [5.41, 5.74) is 0. The molecular weight excluding hydrogens is 103 g/mol. The Morgan fingerprint density at radius 3 is 1.75 bits per heavy atom. The van der Waals surface area contributed by atoms with E-state index in [-0.39, 0.29) is 23.1 Å². The van der Waals surface area contributed by atoms with Crippen LogP contribution in [0.1, 0.15) is 0 Å². The standard InChI is InChI=1S/Al.ClH.Mg.O.2H/h;1H;;;;/q+1;;;;;/p-1. The van der Waals surface area contributed by atoms with Gasteiger partial charge >= 0.3 is 51.1 Å². The minimum absolute atomic E-state index is 0. The average molecular weight is 105 g/mol. The third-order valence-corrected chi connectivity index (χ3v) is 0. The predicted molar refractivity (Wildman–Crippen MR) is 20.8 cm³/mol. The summed E-state index contributed by atoms with van der Waals surface area (Å²) in [6.45, 7) is 0. The van der Waals surface area contributed by atoms with Crippen molar-refractivity contribution in [1.29, 1.82) is 0 Å². The van der Waals surface area contributed by atoms with Gasteiger partial charge in [-0.25, -0.2) is 0 Å². The zero-order chi connectivity index (χ0) is 2.71. The molecule has 4 heavy (non-hydrogen) atoms. The Morgan fingerprint density at radius 1 is 1.75 bits per heavy atom. The van der Waals surface area contributed by atoms with E-state index in [2.05, 4.69) is 10.0 Å². The molecule has 0 aromatic heterocycles. The summed E-state index contributed by atoms with van der Waals surface area (Å²) in [4.78, 5) is 0. The molecule has 1 nitrogen and oxygen atoms in total. The van der Waals surface area contributed by atoms with E-state index in [0.717, 1.165) is 0 Å². The van der Waals surface area contributed by atoms with Crippen LogP contribution in [-0.2, 0) is 3.80 Å². The fourth-order valence-corrected chi connectivity index (χ4v) is 0. The molecule has 0 aromatic rings. The number of rotatable bonds is 0. The van der Waals surface area contributed by atoms with Crippen molar-refractivity contribution >= 4 is 47.3 Å². The van der Waals surface area contributed by atoms with E-state index in [9.17, 15) is 0 Å². The van der Waals surface area contributed by atoms with Gasteiger partial charge in [0.05, 0.1) is 0 Å². The predicted octanol–water partition coefficient (Wildman–Crippen LogP) is -0.726. The Morgan fingerprint density at radius 2 is 1.75 bits per heavy atom. The topological polar surface area (TPSA) is 17.1 Å². The quantitative estimate of drug-likeness (QED) is 0.371. The molecule has 0 heterocycles. The van der Waals surface area contributed by atoms with Crippen LogP contribution >= 0.6 is 10.0 Å². The van der Waals surface area contributed by atoms with Crippen molar-refractivity contribution < 1.29 is 3.80 Å². The van der Waals surface area contributed by atoms with Crippen molar-refractivity contribution in [1.82, 2.24) is 0 Å². The second-order valence-electron chi connectivity index (χ2n) is 0.0891. The minimum atomic E-state index is -1.03. The summed E-state index contributed by atoms with van der Waals surface area (Å²) in [5, 5.41) is 0. The van der Waals surface area contributed by atoms with Crippen molar-refractivity contribution in [2.75, 3.05) is 0 Å². The molecule has 0 aliphatic rings. The molecule has 0 aromatic carbocycles. The SMILES string of the molecule is [MgH2].[O]=[Al][Cl]. The van der Waals surface area contributed by atoms with Gasteiger partial charge in [0.25, 0.3) is 0 Å². The van der Waals surface area contributed by atoms with Crippen LogP contribution in [0.5, 0.6) is 0 Å². The first kappa shape index (κ1) is 9.04. The van der Waals surface area contributed by atoms with Crippen LogP contribution in [0.3, 0.4) is 0 Å². The Hall–Kier alpha value is 1.39. The molecule has 0 aliphatic heterocycles. The Kier molecular flexibility index (Phi) is 20.0. The molecule has 0 amide bonds. The van der Waals surface area contributed by atoms with E-state index in [0.29, 0.717) is 0 Å². The number of halogens is 1. The molecular formula is H2AlClMgO. The van der Waals surface area contributed by atoms with E-state index >= 15 is 0 Å². The maximum absolute atomic E-state index is 8.78. The van der Waals surface area contributed by atoms with Gasteiger partial charge in [0.1, 0.15) is 0 Å². The summed E-state index contributed by atoms with van der Waals surface area (Å²) in [5.74, 6) is 0. The van der Waals surface area contributed by atoms with Crippen molar-refractivity contribution in [2.24, 2.45) is 0 Å². The molecule has 4 heteroatoms. The number of hydrogen-bond donors (Lipinski definition) is 0. The first-order valence-corrected chi connectivity index (χ1v) is 2.67. The molecule has 0 fully saturated rings. The normalized spacial score (nSPS) is 2.25. The van der Waals surface area contributed by atoms with Gasteiger partial charge in [0.15, 0.2) is 0 Å². The molecule has 0 saturated heterocycles. The van der Waals surface area contributed by atoms with Crippen LogP contribution in [-0.4, -0.2) is 37.3 Å². The monoisotopic (exact) mass is 104 g/mol. The zero-order valence-corrected chi connectivity index (χ0v) is 3.27. The van der Waals surface area contributed by atoms with Crippen LogP contribution in [0.2, 0.25) is 0 Å². The fourth-order valence-electron chi connectivity index (χ4n) is 0. The van der Waals surface area contributed by atoms with E-state index in [1.54, 1.807) is 0 Å². The third kappa shape index (κ3) is 10.0. The summed E-state index contributed by atoms with van der Waals surface area (Å²) in [7, 11) is 4.53. The molecule has 0 unspecified atom stereocenters. The second kappa shape index (κ2) is 8.83. The molecule has 0 spiro atoms. The maximum atomic E-state index is 8.78. The van der Waals surface area contributed by atoms with Crippen LogP contribution in [0.25, 0.3) is 0 Å². The van der Waals surface area contributed by atoms with Crippen molar-refractivity contribution in [3.8, 4) is 0 Å². The fraction of sp³-hybridized carbons (Fsp3) is 0. The second-order valence-corrected chi connectivity index (χ2v) is 0.802. The van der Waals surface area contributed by atoms with Gasteiger partial charge in [-0.2, -0.15) is 0 Å². The number of hydrogen-bond acceptors (Lipinski definition) is 1. The van der Waals surface area contributed by atoms with Crippen LogP contribution in [0, 0.1) is 0 Å². The molecule has 0 aliphatic carbocycles. The first-order valence-electron chi connectivity index (χ1n) is 0.454. The molecule has 0 saturated carbocycles. The molecule has 0 N–H and O–H groups in total. The summed E-state index contributed by atoms with van der Waals surface area (Å²) < 4.78 is 8.78. The first-order chi connectivity index (χ1) is 1.41.